The standard InChI is InChI=1S/C36H50N6O4/c37-15-24-3-22-4-25(22)41(24)32(44)29(34-9-20-2-21(10-34)14-36(46,13-20)17-34)40-30(39)27-6-23-5-26(23)42(27)31(43)28(38)33-7-18-1-19(8-33)12-35(45,11-18)16-33/h18-29,45-46H,1-14,16-17,38H2,(H2,39,40)/t18-,19+,20-,21+,22-,23+,24+,25+,26+,27+,28-,29-,33?,34?,35?,36?/m1/s1. The van der Waals surface area contributed by atoms with Crippen LogP contribution >= 0.6 is 0 Å². The number of amidine groups is 1. The number of likely N-dealkylation sites (tertiary alicyclic amines) is 2. The molecule has 10 aliphatic carbocycles. The van der Waals surface area contributed by atoms with Gasteiger partial charge in [0.05, 0.1) is 29.4 Å². The van der Waals surface area contributed by atoms with Crippen LogP contribution in [0.15, 0.2) is 4.99 Å². The molecule has 46 heavy (non-hydrogen) atoms. The second-order valence-corrected chi connectivity index (χ2v) is 18.8. The minimum Gasteiger partial charge on any atom is -0.390 e. The highest BCUT2D eigenvalue weighted by molar-refractivity contribution is 5.96. The van der Waals surface area contributed by atoms with Gasteiger partial charge in [0.2, 0.25) is 11.8 Å². The predicted octanol–water partition coefficient (Wildman–Crippen LogP) is 2.20. The summed E-state index contributed by atoms with van der Waals surface area (Å²) in [6.45, 7) is 0. The van der Waals surface area contributed by atoms with Gasteiger partial charge in [-0.2, -0.15) is 5.26 Å². The molecule has 0 spiro atoms. The first-order chi connectivity index (χ1) is 21.9. The van der Waals surface area contributed by atoms with Crippen molar-refractivity contribution in [3.05, 3.63) is 0 Å². The average Bonchev–Trinajstić information content (AvgIpc) is 3.85. The SMILES string of the molecule is N#C[C@@H]1C[C@@H]2C[C@@H]2N1C(=O)[C@@H](N=C(N)[C@@H]1C[C@@H]2C[C@@H]2N1C(=O)[C@@H](N)C12C[C@@H]3C[C@@H](CC(O)(C3)C1)C2)C12C[C@@H]3C[C@@H](CC(O)(C3)C1)C2. The molecule has 10 heteroatoms. The van der Waals surface area contributed by atoms with E-state index in [9.17, 15) is 25.1 Å². The van der Waals surface area contributed by atoms with Crippen LogP contribution in [0.2, 0.25) is 0 Å². The van der Waals surface area contributed by atoms with Gasteiger partial charge in [-0.3, -0.25) is 14.6 Å². The monoisotopic (exact) mass is 630 g/mol. The predicted molar refractivity (Wildman–Crippen MR) is 167 cm³/mol. The van der Waals surface area contributed by atoms with Crippen LogP contribution in [0.25, 0.3) is 0 Å². The fraction of sp³-hybridized carbons (Fsp3) is 0.889. The molecule has 12 aliphatic rings. The molecule has 2 heterocycles. The summed E-state index contributed by atoms with van der Waals surface area (Å²) < 4.78 is 0. The summed E-state index contributed by atoms with van der Waals surface area (Å²) in [5, 5.41) is 33.1. The summed E-state index contributed by atoms with van der Waals surface area (Å²) in [5.41, 5.74) is 11.7. The molecule has 12 fully saturated rings. The van der Waals surface area contributed by atoms with E-state index in [1.807, 2.05) is 9.80 Å². The average molecular weight is 631 g/mol. The summed E-state index contributed by atoms with van der Waals surface area (Å²) >= 11 is 0. The topological polar surface area (TPSA) is 169 Å². The van der Waals surface area contributed by atoms with Crippen molar-refractivity contribution < 1.29 is 19.8 Å². The van der Waals surface area contributed by atoms with Gasteiger partial charge < -0.3 is 31.5 Å². The molecule has 12 rings (SSSR count). The molecule has 8 bridgehead atoms. The molecule has 248 valence electrons. The normalized spacial score (nSPS) is 54.8. The van der Waals surface area contributed by atoms with Crippen LogP contribution in [0, 0.1) is 57.7 Å². The molecule has 2 amide bonds. The van der Waals surface area contributed by atoms with Crippen molar-refractivity contribution >= 4 is 17.6 Å². The maximum absolute atomic E-state index is 14.7. The molecule has 0 aromatic heterocycles. The second kappa shape index (κ2) is 9.06. The zero-order valence-corrected chi connectivity index (χ0v) is 26.9. The van der Waals surface area contributed by atoms with Gasteiger partial charge in [0.15, 0.2) is 0 Å². The number of hydrogen-bond donors (Lipinski definition) is 4. The molecule has 0 radical (unpaired) electrons. The Bertz CT molecular complexity index is 1440. The van der Waals surface area contributed by atoms with Crippen molar-refractivity contribution in [3.63, 3.8) is 0 Å². The lowest BCUT2D eigenvalue weighted by molar-refractivity contribution is -0.177. The number of nitrogens with zero attached hydrogens (tertiary/aromatic N) is 4. The van der Waals surface area contributed by atoms with E-state index in [-0.39, 0.29) is 29.3 Å². The zero-order valence-electron chi connectivity index (χ0n) is 26.9. The third-order valence-corrected chi connectivity index (χ3v) is 15.4. The van der Waals surface area contributed by atoms with Gasteiger partial charge in [-0.05, 0) is 144 Å². The third-order valence-electron chi connectivity index (χ3n) is 15.4. The van der Waals surface area contributed by atoms with E-state index < -0.39 is 40.8 Å². The van der Waals surface area contributed by atoms with Crippen LogP contribution in [-0.4, -0.2) is 85.1 Å². The quantitative estimate of drug-likeness (QED) is 0.258. The molecule has 2 aliphatic heterocycles. The number of piperidine rings is 2. The van der Waals surface area contributed by atoms with Crippen LogP contribution < -0.4 is 11.5 Å². The Balaban J connectivity index is 0.982. The summed E-state index contributed by atoms with van der Waals surface area (Å²) in [6, 6.07) is 0.354. The van der Waals surface area contributed by atoms with Crippen molar-refractivity contribution in [1.82, 2.24) is 9.80 Å². The Kier molecular flexibility index (Phi) is 5.67. The largest absolute Gasteiger partial charge is 0.390 e. The zero-order chi connectivity index (χ0) is 31.5. The number of aliphatic hydroxyl groups is 2. The number of fused-ring (bicyclic) bond motifs is 2. The fourth-order valence-electron chi connectivity index (χ4n) is 14.4. The maximum atomic E-state index is 14.7. The van der Waals surface area contributed by atoms with E-state index in [2.05, 4.69) is 6.07 Å². The van der Waals surface area contributed by atoms with Gasteiger partial charge in [0, 0.05) is 17.5 Å². The summed E-state index contributed by atoms with van der Waals surface area (Å²) in [6.07, 6.45) is 13.6. The van der Waals surface area contributed by atoms with Crippen LogP contribution in [0.4, 0.5) is 0 Å². The minimum atomic E-state index is -0.764. The van der Waals surface area contributed by atoms with Crippen molar-refractivity contribution in [2.75, 3.05) is 0 Å². The first-order valence-corrected chi connectivity index (χ1v) is 18.5. The van der Waals surface area contributed by atoms with E-state index >= 15 is 0 Å². The molecule has 0 aromatic rings. The lowest BCUT2D eigenvalue weighted by Crippen LogP contribution is -2.65. The van der Waals surface area contributed by atoms with Gasteiger partial charge in [0.1, 0.15) is 17.9 Å². The van der Waals surface area contributed by atoms with E-state index in [4.69, 9.17) is 16.5 Å². The molecular weight excluding hydrogens is 580 g/mol. The molecule has 6 N–H and O–H groups in total. The Morgan fingerprint density at radius 2 is 1.26 bits per heavy atom. The van der Waals surface area contributed by atoms with Crippen LogP contribution in [0.5, 0.6) is 0 Å². The Morgan fingerprint density at radius 3 is 1.83 bits per heavy atom. The van der Waals surface area contributed by atoms with E-state index in [0.717, 1.165) is 89.9 Å². The lowest BCUT2D eigenvalue weighted by Gasteiger charge is -2.62. The van der Waals surface area contributed by atoms with Crippen LogP contribution in [0.3, 0.4) is 0 Å². The van der Waals surface area contributed by atoms with E-state index in [1.54, 1.807) is 0 Å². The van der Waals surface area contributed by atoms with Crippen LogP contribution in [-0.2, 0) is 9.59 Å². The number of aliphatic imine (C=N–C) groups is 1. The minimum absolute atomic E-state index is 0.0596. The van der Waals surface area contributed by atoms with Gasteiger partial charge in [-0.25, -0.2) is 0 Å². The third kappa shape index (κ3) is 4.00. The number of rotatable bonds is 6. The Labute approximate surface area is 271 Å². The summed E-state index contributed by atoms with van der Waals surface area (Å²) in [5.74, 6) is 2.60. The van der Waals surface area contributed by atoms with Crippen molar-refractivity contribution in [3.8, 4) is 6.07 Å². The number of carbonyl (C=O) groups excluding carboxylic acids is 2. The van der Waals surface area contributed by atoms with E-state index in [0.29, 0.717) is 54.2 Å². The van der Waals surface area contributed by atoms with Crippen molar-refractivity contribution in [2.24, 2.45) is 62.8 Å². The molecule has 2 saturated heterocycles. The number of amides is 2. The first-order valence-electron chi connectivity index (χ1n) is 18.5. The number of nitrogens with two attached hydrogens (primary N) is 2. The van der Waals surface area contributed by atoms with Crippen LogP contribution in [0.1, 0.15) is 103 Å². The lowest BCUT2D eigenvalue weighted by atomic mass is 9.46. The van der Waals surface area contributed by atoms with Gasteiger partial charge >= 0.3 is 0 Å². The van der Waals surface area contributed by atoms with Crippen molar-refractivity contribution in [1.29, 1.82) is 5.26 Å². The van der Waals surface area contributed by atoms with Gasteiger partial charge in [-0.1, -0.05) is 0 Å². The second-order valence-electron chi connectivity index (χ2n) is 18.8. The number of carbonyl (C=O) groups is 2. The smallest absolute Gasteiger partial charge is 0.249 e. The van der Waals surface area contributed by atoms with Gasteiger partial charge in [-0.15, -0.1) is 0 Å². The molecule has 10 saturated carbocycles. The molecule has 4 unspecified atom stereocenters. The highest BCUT2D eigenvalue weighted by Crippen LogP contribution is 2.65. The van der Waals surface area contributed by atoms with E-state index in [1.165, 1.54) is 0 Å². The van der Waals surface area contributed by atoms with Crippen molar-refractivity contribution in [2.45, 2.75) is 150 Å². The summed E-state index contributed by atoms with van der Waals surface area (Å²) in [4.78, 5) is 38.2. The Hall–Kier alpha value is -2.22. The molecule has 0 aromatic carbocycles. The van der Waals surface area contributed by atoms with Gasteiger partial charge in [0.25, 0.3) is 0 Å². The summed E-state index contributed by atoms with van der Waals surface area (Å²) in [7, 11) is 0. The number of hydrogen-bond acceptors (Lipinski definition) is 7. The Morgan fingerprint density at radius 1 is 0.739 bits per heavy atom. The highest BCUT2D eigenvalue weighted by atomic mass is 16.3. The highest BCUT2D eigenvalue weighted by Gasteiger charge is 2.66. The maximum Gasteiger partial charge on any atom is 0.249 e. The molecule has 10 nitrogen and oxygen atoms in total. The fourth-order valence-corrected chi connectivity index (χ4v) is 14.4. The first kappa shape index (κ1) is 28.8. The molecule has 16 atom stereocenters. The molecular formula is C36H50N6O4. The number of nitriles is 1.